The summed E-state index contributed by atoms with van der Waals surface area (Å²) in [6.45, 7) is 4.19. The lowest BCUT2D eigenvalue weighted by atomic mass is 10.1. The predicted octanol–water partition coefficient (Wildman–Crippen LogP) is 1.84. The zero-order chi connectivity index (χ0) is 18.8. The molecule has 1 unspecified atom stereocenters. The summed E-state index contributed by atoms with van der Waals surface area (Å²) < 4.78 is 0. The third kappa shape index (κ3) is 3.72. The number of carbonyl (C=O) groups excluding carboxylic acids is 2. The zero-order valence-corrected chi connectivity index (χ0v) is 15.1. The number of phenolic OH excluding ortho intramolecular Hbond substituents is 1. The first-order chi connectivity index (χ1) is 13.1. The van der Waals surface area contributed by atoms with Crippen LogP contribution in [0.5, 0.6) is 5.75 Å². The summed E-state index contributed by atoms with van der Waals surface area (Å²) in [4.78, 5) is 31.0. The molecule has 6 heteroatoms. The molecule has 27 heavy (non-hydrogen) atoms. The molecule has 1 atom stereocenters. The third-order valence-corrected chi connectivity index (χ3v) is 5.31. The number of imide groups is 1. The highest BCUT2D eigenvalue weighted by atomic mass is 16.3. The van der Waals surface area contributed by atoms with Crippen LogP contribution in [0.15, 0.2) is 54.6 Å². The van der Waals surface area contributed by atoms with E-state index in [0.717, 1.165) is 32.7 Å². The Morgan fingerprint density at radius 3 is 2.37 bits per heavy atom. The minimum atomic E-state index is -0.404. The second-order valence-corrected chi connectivity index (χ2v) is 7.10. The van der Waals surface area contributed by atoms with Crippen LogP contribution < -0.4 is 4.90 Å². The zero-order valence-electron chi connectivity index (χ0n) is 15.1. The van der Waals surface area contributed by atoms with Gasteiger partial charge in [-0.15, -0.1) is 0 Å². The van der Waals surface area contributed by atoms with Gasteiger partial charge in [0.25, 0.3) is 5.91 Å². The van der Waals surface area contributed by atoms with Crippen LogP contribution in [0.1, 0.15) is 12.0 Å². The molecule has 0 bridgehead atoms. The van der Waals surface area contributed by atoms with Crippen LogP contribution in [-0.2, 0) is 16.1 Å². The molecule has 2 heterocycles. The second kappa shape index (κ2) is 7.50. The maximum absolute atomic E-state index is 12.9. The van der Waals surface area contributed by atoms with Crippen LogP contribution in [0.25, 0.3) is 0 Å². The molecule has 2 aromatic rings. The van der Waals surface area contributed by atoms with Crippen molar-refractivity contribution in [1.29, 1.82) is 0 Å². The number of carbonyl (C=O) groups is 2. The summed E-state index contributed by atoms with van der Waals surface area (Å²) in [6, 6.07) is 16.2. The molecule has 2 saturated heterocycles. The lowest BCUT2D eigenvalue weighted by Gasteiger charge is -2.37. The second-order valence-electron chi connectivity index (χ2n) is 7.10. The van der Waals surface area contributed by atoms with Gasteiger partial charge in [0.1, 0.15) is 5.75 Å². The van der Waals surface area contributed by atoms with Gasteiger partial charge < -0.3 is 5.11 Å². The number of hydrogen-bond donors (Lipinski definition) is 1. The van der Waals surface area contributed by atoms with Crippen molar-refractivity contribution in [2.24, 2.45) is 0 Å². The number of benzene rings is 2. The van der Waals surface area contributed by atoms with Crippen molar-refractivity contribution in [3.63, 3.8) is 0 Å². The Kier molecular flexibility index (Phi) is 4.92. The van der Waals surface area contributed by atoms with E-state index in [2.05, 4.69) is 21.9 Å². The molecule has 2 amide bonds. The molecule has 140 valence electrons. The Hall–Kier alpha value is -2.70. The van der Waals surface area contributed by atoms with Crippen LogP contribution >= 0.6 is 0 Å². The van der Waals surface area contributed by atoms with E-state index in [1.807, 2.05) is 18.2 Å². The van der Waals surface area contributed by atoms with E-state index < -0.39 is 6.04 Å². The molecule has 0 radical (unpaired) electrons. The van der Waals surface area contributed by atoms with E-state index in [9.17, 15) is 14.7 Å². The van der Waals surface area contributed by atoms with E-state index in [1.54, 1.807) is 12.1 Å². The molecule has 2 aliphatic heterocycles. The molecule has 0 aliphatic carbocycles. The maximum Gasteiger partial charge on any atom is 0.251 e. The highest BCUT2D eigenvalue weighted by Crippen LogP contribution is 2.28. The van der Waals surface area contributed by atoms with Crippen molar-refractivity contribution >= 4 is 17.5 Å². The Labute approximate surface area is 158 Å². The van der Waals surface area contributed by atoms with Gasteiger partial charge in [0, 0.05) is 38.8 Å². The molecular formula is C21H23N3O3. The largest absolute Gasteiger partial charge is 0.508 e. The topological polar surface area (TPSA) is 64.1 Å². The fourth-order valence-electron chi connectivity index (χ4n) is 3.88. The van der Waals surface area contributed by atoms with Gasteiger partial charge in [0.15, 0.2) is 0 Å². The van der Waals surface area contributed by atoms with E-state index in [0.29, 0.717) is 5.69 Å². The number of amides is 2. The number of anilines is 1. The van der Waals surface area contributed by atoms with Crippen LogP contribution in [0.3, 0.4) is 0 Å². The smallest absolute Gasteiger partial charge is 0.251 e. The third-order valence-electron chi connectivity index (χ3n) is 5.31. The lowest BCUT2D eigenvalue weighted by Crippen LogP contribution is -2.52. The van der Waals surface area contributed by atoms with Gasteiger partial charge in [-0.25, -0.2) is 4.90 Å². The Morgan fingerprint density at radius 2 is 1.67 bits per heavy atom. The molecular weight excluding hydrogens is 342 g/mol. The fourth-order valence-corrected chi connectivity index (χ4v) is 3.88. The molecule has 2 aromatic carbocycles. The molecule has 0 saturated carbocycles. The van der Waals surface area contributed by atoms with Gasteiger partial charge in [0.05, 0.1) is 18.2 Å². The van der Waals surface area contributed by atoms with Gasteiger partial charge >= 0.3 is 0 Å². The van der Waals surface area contributed by atoms with Crippen molar-refractivity contribution in [1.82, 2.24) is 9.80 Å². The van der Waals surface area contributed by atoms with E-state index in [-0.39, 0.29) is 24.0 Å². The number of piperazine rings is 1. The molecule has 1 N–H and O–H groups in total. The number of phenols is 1. The fraction of sp³-hybridized carbons (Fsp3) is 0.333. The summed E-state index contributed by atoms with van der Waals surface area (Å²) in [5, 5.41) is 9.65. The average molecular weight is 365 g/mol. The number of aromatic hydroxyl groups is 1. The highest BCUT2D eigenvalue weighted by Gasteiger charge is 2.43. The van der Waals surface area contributed by atoms with Gasteiger partial charge in [-0.05, 0) is 17.7 Å². The SMILES string of the molecule is O=C1CC(N2CCN(Cc3ccccc3)CC2)C(=O)N1c1cccc(O)c1. The summed E-state index contributed by atoms with van der Waals surface area (Å²) in [5.74, 6) is -0.351. The summed E-state index contributed by atoms with van der Waals surface area (Å²) in [7, 11) is 0. The lowest BCUT2D eigenvalue weighted by molar-refractivity contribution is -0.123. The van der Waals surface area contributed by atoms with Gasteiger partial charge in [-0.3, -0.25) is 19.4 Å². The van der Waals surface area contributed by atoms with Gasteiger partial charge in [0.2, 0.25) is 5.91 Å². The highest BCUT2D eigenvalue weighted by molar-refractivity contribution is 6.22. The quantitative estimate of drug-likeness (QED) is 0.838. The molecule has 6 nitrogen and oxygen atoms in total. The van der Waals surface area contributed by atoms with Crippen molar-refractivity contribution in [2.75, 3.05) is 31.1 Å². The van der Waals surface area contributed by atoms with E-state index >= 15 is 0 Å². The van der Waals surface area contributed by atoms with Crippen molar-refractivity contribution in [2.45, 2.75) is 19.0 Å². The Morgan fingerprint density at radius 1 is 0.926 bits per heavy atom. The Balaban J connectivity index is 1.39. The molecule has 4 rings (SSSR count). The maximum atomic E-state index is 12.9. The summed E-state index contributed by atoms with van der Waals surface area (Å²) >= 11 is 0. The average Bonchev–Trinajstić information content (AvgIpc) is 2.97. The minimum absolute atomic E-state index is 0.0473. The minimum Gasteiger partial charge on any atom is -0.508 e. The van der Waals surface area contributed by atoms with Crippen molar-refractivity contribution in [3.8, 4) is 5.75 Å². The van der Waals surface area contributed by atoms with E-state index in [1.165, 1.54) is 22.6 Å². The molecule has 2 aliphatic rings. The first kappa shape index (κ1) is 17.7. The molecule has 0 aromatic heterocycles. The summed E-state index contributed by atoms with van der Waals surface area (Å²) in [5.41, 5.74) is 1.73. The Bertz CT molecular complexity index is 832. The first-order valence-corrected chi connectivity index (χ1v) is 9.28. The molecule has 0 spiro atoms. The van der Waals surface area contributed by atoms with Gasteiger partial charge in [-0.2, -0.15) is 0 Å². The van der Waals surface area contributed by atoms with Crippen molar-refractivity contribution < 1.29 is 14.7 Å². The normalized spacial score (nSPS) is 21.8. The predicted molar refractivity (Wildman–Crippen MR) is 102 cm³/mol. The van der Waals surface area contributed by atoms with Crippen molar-refractivity contribution in [3.05, 3.63) is 60.2 Å². The monoisotopic (exact) mass is 365 g/mol. The van der Waals surface area contributed by atoms with E-state index in [4.69, 9.17) is 0 Å². The number of hydrogen-bond acceptors (Lipinski definition) is 5. The molecule has 2 fully saturated rings. The van der Waals surface area contributed by atoms with Crippen LogP contribution in [0.2, 0.25) is 0 Å². The number of nitrogens with zero attached hydrogens (tertiary/aromatic N) is 3. The standard InChI is InChI=1S/C21H23N3O3/c25-18-8-4-7-17(13-18)24-20(26)14-19(21(24)27)23-11-9-22(10-12-23)15-16-5-2-1-3-6-16/h1-8,13,19,25H,9-12,14-15H2. The van der Waals surface area contributed by atoms with Crippen LogP contribution in [0, 0.1) is 0 Å². The summed E-state index contributed by atoms with van der Waals surface area (Å²) in [6.07, 6.45) is 0.202. The first-order valence-electron chi connectivity index (χ1n) is 9.28. The van der Waals surface area contributed by atoms with Gasteiger partial charge in [-0.1, -0.05) is 36.4 Å². The van der Waals surface area contributed by atoms with Crippen LogP contribution in [0.4, 0.5) is 5.69 Å². The number of rotatable bonds is 4. The van der Waals surface area contributed by atoms with Crippen LogP contribution in [-0.4, -0.2) is 58.9 Å².